The van der Waals surface area contributed by atoms with Gasteiger partial charge in [-0.05, 0) is 43.9 Å². The third-order valence-electron chi connectivity index (χ3n) is 3.82. The molecule has 1 aliphatic rings. The van der Waals surface area contributed by atoms with Crippen LogP contribution in [0.1, 0.15) is 42.0 Å². The molecule has 0 amide bonds. The summed E-state index contributed by atoms with van der Waals surface area (Å²) in [6.07, 6.45) is 4.69. The fourth-order valence-corrected chi connectivity index (χ4v) is 3.58. The van der Waals surface area contributed by atoms with Crippen LogP contribution in [0.2, 0.25) is 0 Å². The summed E-state index contributed by atoms with van der Waals surface area (Å²) < 4.78 is 0. The zero-order valence-corrected chi connectivity index (χ0v) is 12.5. The average Bonchev–Trinajstić information content (AvgIpc) is 2.94. The lowest BCUT2D eigenvalue weighted by molar-refractivity contribution is 0.305. The van der Waals surface area contributed by atoms with Crippen molar-refractivity contribution in [1.29, 1.82) is 0 Å². The molecular weight excluding hydrogens is 258 g/mol. The number of thiophene rings is 1. The second kappa shape index (κ2) is 5.92. The third kappa shape index (κ3) is 3.48. The summed E-state index contributed by atoms with van der Waals surface area (Å²) in [4.78, 5) is 3.00. The van der Waals surface area contributed by atoms with Gasteiger partial charge in [-0.2, -0.15) is 0 Å². The van der Waals surface area contributed by atoms with E-state index in [0.29, 0.717) is 5.84 Å². The first-order valence-corrected chi connectivity index (χ1v) is 7.64. The molecule has 4 N–H and O–H groups in total. The van der Waals surface area contributed by atoms with Crippen LogP contribution in [0.3, 0.4) is 0 Å². The molecule has 1 aromatic rings. The molecule has 0 saturated heterocycles. The monoisotopic (exact) mass is 281 g/mol. The molecule has 4 nitrogen and oxygen atoms in total. The molecule has 0 aromatic carbocycles. The Morgan fingerprint density at radius 2 is 2.32 bits per heavy atom. The van der Waals surface area contributed by atoms with Gasteiger partial charge < -0.3 is 16.3 Å². The van der Waals surface area contributed by atoms with Crippen molar-refractivity contribution < 1.29 is 5.21 Å². The fraction of sp³-hybridized carbons (Fsp3) is 0.643. The molecule has 19 heavy (non-hydrogen) atoms. The van der Waals surface area contributed by atoms with E-state index in [2.05, 4.69) is 16.5 Å². The van der Waals surface area contributed by atoms with Gasteiger partial charge in [0.1, 0.15) is 5.84 Å². The van der Waals surface area contributed by atoms with E-state index in [1.165, 1.54) is 24.1 Å². The Morgan fingerprint density at radius 3 is 3.00 bits per heavy atom. The molecule has 1 heterocycles. The van der Waals surface area contributed by atoms with Gasteiger partial charge in [0.25, 0.3) is 0 Å². The minimum atomic E-state index is -0.265. The molecule has 106 valence electrons. The van der Waals surface area contributed by atoms with Crippen LogP contribution in [-0.2, 0) is 19.4 Å². The zero-order chi connectivity index (χ0) is 13.9. The number of hydrogen-bond donors (Lipinski definition) is 3. The van der Waals surface area contributed by atoms with Gasteiger partial charge in [-0.1, -0.05) is 19.0 Å². The summed E-state index contributed by atoms with van der Waals surface area (Å²) in [6.45, 7) is 5.77. The minimum Gasteiger partial charge on any atom is -0.409 e. The van der Waals surface area contributed by atoms with Crippen LogP contribution >= 0.6 is 11.3 Å². The Labute approximate surface area is 118 Å². The van der Waals surface area contributed by atoms with Gasteiger partial charge in [-0.25, -0.2) is 0 Å². The van der Waals surface area contributed by atoms with Crippen LogP contribution in [0.4, 0.5) is 0 Å². The SMILES string of the molecule is CC(C)(CCNCc1cc2c(s1)CCC2)C(N)=NO. The van der Waals surface area contributed by atoms with Gasteiger partial charge in [0, 0.05) is 21.7 Å². The lowest BCUT2D eigenvalue weighted by atomic mass is 9.88. The number of rotatable bonds is 6. The van der Waals surface area contributed by atoms with Gasteiger partial charge in [-0.15, -0.1) is 11.3 Å². The summed E-state index contributed by atoms with van der Waals surface area (Å²) >= 11 is 1.94. The minimum absolute atomic E-state index is 0.265. The van der Waals surface area contributed by atoms with E-state index in [-0.39, 0.29) is 5.41 Å². The molecule has 2 rings (SSSR count). The molecule has 0 radical (unpaired) electrons. The zero-order valence-electron chi connectivity index (χ0n) is 11.7. The largest absolute Gasteiger partial charge is 0.409 e. The Hall–Kier alpha value is -1.07. The number of nitrogens with zero attached hydrogens (tertiary/aromatic N) is 1. The highest BCUT2D eigenvalue weighted by Gasteiger charge is 2.22. The molecule has 0 aliphatic heterocycles. The number of amidine groups is 1. The van der Waals surface area contributed by atoms with E-state index in [1.807, 2.05) is 25.2 Å². The number of oxime groups is 1. The second-order valence-electron chi connectivity index (χ2n) is 5.81. The summed E-state index contributed by atoms with van der Waals surface area (Å²) in [6, 6.07) is 2.34. The van der Waals surface area contributed by atoms with Crippen LogP contribution in [0.25, 0.3) is 0 Å². The summed E-state index contributed by atoms with van der Waals surface area (Å²) in [5.41, 5.74) is 6.96. The highest BCUT2D eigenvalue weighted by Crippen LogP contribution is 2.30. The van der Waals surface area contributed by atoms with E-state index >= 15 is 0 Å². The normalized spacial score (nSPS) is 15.8. The van der Waals surface area contributed by atoms with E-state index in [9.17, 15) is 0 Å². The Morgan fingerprint density at radius 1 is 1.53 bits per heavy atom. The van der Waals surface area contributed by atoms with Crippen LogP contribution in [0.5, 0.6) is 0 Å². The maximum absolute atomic E-state index is 8.72. The van der Waals surface area contributed by atoms with Crippen molar-refractivity contribution in [2.24, 2.45) is 16.3 Å². The van der Waals surface area contributed by atoms with Crippen molar-refractivity contribution in [3.05, 3.63) is 21.4 Å². The standard InChI is InChI=1S/C14H23N3OS/c1-14(2,13(15)17-18)6-7-16-9-11-8-10-4-3-5-12(10)19-11/h8,16,18H,3-7,9H2,1-2H3,(H2,15,17). The molecule has 1 aromatic heterocycles. The quantitative estimate of drug-likeness (QED) is 0.247. The van der Waals surface area contributed by atoms with Crippen LogP contribution in [0, 0.1) is 5.41 Å². The number of fused-ring (bicyclic) bond motifs is 1. The molecular formula is C14H23N3OS. The van der Waals surface area contributed by atoms with Gasteiger partial charge >= 0.3 is 0 Å². The second-order valence-corrected chi connectivity index (χ2v) is 7.03. The van der Waals surface area contributed by atoms with Crippen molar-refractivity contribution in [2.75, 3.05) is 6.54 Å². The number of aryl methyl sites for hydroxylation is 2. The van der Waals surface area contributed by atoms with Crippen LogP contribution in [0.15, 0.2) is 11.2 Å². The Bertz CT molecular complexity index is 444. The van der Waals surface area contributed by atoms with E-state index in [0.717, 1.165) is 19.5 Å². The van der Waals surface area contributed by atoms with Crippen molar-refractivity contribution in [3.8, 4) is 0 Å². The number of nitrogens with one attached hydrogen (secondary N) is 1. The van der Waals surface area contributed by atoms with E-state index < -0.39 is 0 Å². The van der Waals surface area contributed by atoms with Crippen molar-refractivity contribution in [1.82, 2.24) is 5.32 Å². The van der Waals surface area contributed by atoms with Gasteiger partial charge in [0.15, 0.2) is 0 Å². The maximum atomic E-state index is 8.72. The van der Waals surface area contributed by atoms with Crippen molar-refractivity contribution in [3.63, 3.8) is 0 Å². The number of hydrogen-bond acceptors (Lipinski definition) is 4. The topological polar surface area (TPSA) is 70.6 Å². The third-order valence-corrected chi connectivity index (χ3v) is 5.06. The Balaban J connectivity index is 1.75. The van der Waals surface area contributed by atoms with Crippen LogP contribution < -0.4 is 11.1 Å². The summed E-state index contributed by atoms with van der Waals surface area (Å²) in [5.74, 6) is 0.296. The predicted octanol–water partition coefficient (Wildman–Crippen LogP) is 2.49. The molecule has 0 unspecified atom stereocenters. The van der Waals surface area contributed by atoms with E-state index in [1.54, 1.807) is 10.4 Å². The molecule has 0 saturated carbocycles. The van der Waals surface area contributed by atoms with Crippen molar-refractivity contribution in [2.45, 2.75) is 46.1 Å². The predicted molar refractivity (Wildman–Crippen MR) is 79.9 cm³/mol. The van der Waals surface area contributed by atoms with Crippen molar-refractivity contribution >= 4 is 17.2 Å². The molecule has 0 spiro atoms. The highest BCUT2D eigenvalue weighted by atomic mass is 32.1. The number of nitrogens with two attached hydrogens (primary N) is 1. The first kappa shape index (κ1) is 14.3. The maximum Gasteiger partial charge on any atom is 0.144 e. The molecule has 0 bridgehead atoms. The highest BCUT2D eigenvalue weighted by molar-refractivity contribution is 7.12. The molecule has 5 heteroatoms. The Kier molecular flexibility index (Phi) is 4.47. The fourth-order valence-electron chi connectivity index (χ4n) is 2.35. The summed E-state index contributed by atoms with van der Waals surface area (Å²) in [7, 11) is 0. The molecule has 0 fully saturated rings. The lowest BCUT2D eigenvalue weighted by Crippen LogP contribution is -2.34. The van der Waals surface area contributed by atoms with Gasteiger partial charge in [0.2, 0.25) is 0 Å². The van der Waals surface area contributed by atoms with Crippen LogP contribution in [-0.4, -0.2) is 17.6 Å². The first-order chi connectivity index (χ1) is 9.03. The lowest BCUT2D eigenvalue weighted by Gasteiger charge is -2.22. The molecule has 1 aliphatic carbocycles. The van der Waals surface area contributed by atoms with E-state index in [4.69, 9.17) is 10.9 Å². The van der Waals surface area contributed by atoms with Gasteiger partial charge in [-0.3, -0.25) is 0 Å². The first-order valence-electron chi connectivity index (χ1n) is 6.82. The average molecular weight is 281 g/mol. The summed E-state index contributed by atoms with van der Waals surface area (Å²) in [5, 5.41) is 15.3. The smallest absolute Gasteiger partial charge is 0.144 e. The molecule has 0 atom stereocenters. The van der Waals surface area contributed by atoms with Gasteiger partial charge in [0.05, 0.1) is 0 Å².